The molecule has 0 saturated carbocycles. The maximum Gasteiger partial charge on any atom is 0.251 e. The van der Waals surface area contributed by atoms with Crippen LogP contribution in [0.25, 0.3) is 10.2 Å². The summed E-state index contributed by atoms with van der Waals surface area (Å²) < 4.78 is 1.16. The third-order valence-electron chi connectivity index (χ3n) is 3.66. The van der Waals surface area contributed by atoms with Crippen LogP contribution in [-0.4, -0.2) is 10.9 Å². The molecule has 118 valence electrons. The Morgan fingerprint density at radius 2 is 1.78 bits per heavy atom. The van der Waals surface area contributed by atoms with E-state index < -0.39 is 0 Å². The van der Waals surface area contributed by atoms with Gasteiger partial charge in [0.2, 0.25) is 0 Å². The summed E-state index contributed by atoms with van der Waals surface area (Å²) in [4.78, 5) is 17.2. The average Bonchev–Trinajstić information content (AvgIpc) is 2.98. The second-order valence-corrected chi connectivity index (χ2v) is 7.10. The fourth-order valence-corrected chi connectivity index (χ4v) is 3.59. The molecule has 4 heteroatoms. The van der Waals surface area contributed by atoms with E-state index in [1.807, 2.05) is 48.5 Å². The normalized spacial score (nSPS) is 12.5. The van der Waals surface area contributed by atoms with Crippen molar-refractivity contribution in [3.05, 3.63) is 65.2 Å². The Labute approximate surface area is 140 Å². The summed E-state index contributed by atoms with van der Waals surface area (Å²) in [6.45, 7) is 4.32. The summed E-state index contributed by atoms with van der Waals surface area (Å²) in [6.07, 6.45) is 0.873. The maximum absolute atomic E-state index is 12.5. The first kappa shape index (κ1) is 15.7. The average molecular weight is 324 g/mol. The van der Waals surface area contributed by atoms with Gasteiger partial charge in [0.15, 0.2) is 0 Å². The number of para-hydroxylation sites is 1. The lowest BCUT2D eigenvalue weighted by Gasteiger charge is -2.18. The molecule has 2 aromatic carbocycles. The number of rotatable bonds is 5. The number of nitrogens with zero attached hydrogens (tertiary/aromatic N) is 1. The summed E-state index contributed by atoms with van der Waals surface area (Å²) in [5, 5.41) is 4.13. The zero-order valence-corrected chi connectivity index (χ0v) is 14.1. The molecule has 0 aliphatic carbocycles. The number of fused-ring (bicyclic) bond motifs is 1. The number of aromatic nitrogens is 1. The van der Waals surface area contributed by atoms with E-state index in [4.69, 9.17) is 4.98 Å². The quantitative estimate of drug-likeness (QED) is 0.731. The topological polar surface area (TPSA) is 42.0 Å². The second-order valence-electron chi connectivity index (χ2n) is 6.04. The summed E-state index contributed by atoms with van der Waals surface area (Å²) >= 11 is 1.66. The lowest BCUT2D eigenvalue weighted by Crippen LogP contribution is -2.29. The van der Waals surface area contributed by atoms with E-state index in [1.165, 1.54) is 0 Å². The van der Waals surface area contributed by atoms with Crippen molar-refractivity contribution in [2.75, 3.05) is 0 Å². The van der Waals surface area contributed by atoms with E-state index in [1.54, 1.807) is 11.3 Å². The molecular formula is C19H20N2OS. The van der Waals surface area contributed by atoms with Gasteiger partial charge < -0.3 is 5.32 Å². The molecule has 0 aliphatic rings. The number of hydrogen-bond donors (Lipinski definition) is 1. The SMILES string of the molecule is CC(C)CC(NC(=O)c1ccccc1)c1nc2ccccc2s1. The molecule has 0 saturated heterocycles. The third-order valence-corrected chi connectivity index (χ3v) is 4.81. The van der Waals surface area contributed by atoms with E-state index >= 15 is 0 Å². The fourth-order valence-electron chi connectivity index (χ4n) is 2.56. The Balaban J connectivity index is 1.87. The molecule has 1 heterocycles. The van der Waals surface area contributed by atoms with Crippen LogP contribution >= 0.6 is 11.3 Å². The highest BCUT2D eigenvalue weighted by molar-refractivity contribution is 7.18. The predicted octanol–water partition coefficient (Wildman–Crippen LogP) is 4.81. The monoisotopic (exact) mass is 324 g/mol. The molecule has 3 aromatic rings. The van der Waals surface area contributed by atoms with Crippen molar-refractivity contribution in [2.24, 2.45) is 5.92 Å². The van der Waals surface area contributed by atoms with Gasteiger partial charge >= 0.3 is 0 Å². The summed E-state index contributed by atoms with van der Waals surface area (Å²) in [6, 6.07) is 17.4. The lowest BCUT2D eigenvalue weighted by atomic mass is 10.0. The lowest BCUT2D eigenvalue weighted by molar-refractivity contribution is 0.0932. The summed E-state index contributed by atoms with van der Waals surface area (Å²) in [5.74, 6) is 0.429. The van der Waals surface area contributed by atoms with Gasteiger partial charge in [0, 0.05) is 5.56 Å². The molecule has 0 fully saturated rings. The molecule has 1 unspecified atom stereocenters. The first-order chi connectivity index (χ1) is 11.1. The van der Waals surface area contributed by atoms with Gasteiger partial charge in [-0.25, -0.2) is 4.98 Å². The van der Waals surface area contributed by atoms with Crippen LogP contribution in [0, 0.1) is 5.92 Å². The first-order valence-corrected chi connectivity index (χ1v) is 8.66. The molecule has 0 spiro atoms. The van der Waals surface area contributed by atoms with Crippen molar-refractivity contribution >= 4 is 27.5 Å². The standard InChI is InChI=1S/C19H20N2OS/c1-13(2)12-16(20-18(22)14-8-4-3-5-9-14)19-21-15-10-6-7-11-17(15)23-19/h3-11,13,16H,12H2,1-2H3,(H,20,22). The molecule has 3 rings (SSSR count). The van der Waals surface area contributed by atoms with Crippen LogP contribution < -0.4 is 5.32 Å². The zero-order chi connectivity index (χ0) is 16.2. The smallest absolute Gasteiger partial charge is 0.251 e. The predicted molar refractivity (Wildman–Crippen MR) is 95.7 cm³/mol. The van der Waals surface area contributed by atoms with Gasteiger partial charge in [0.25, 0.3) is 5.91 Å². The highest BCUT2D eigenvalue weighted by atomic mass is 32.1. The largest absolute Gasteiger partial charge is 0.343 e. The van der Waals surface area contributed by atoms with Crippen molar-refractivity contribution in [2.45, 2.75) is 26.3 Å². The van der Waals surface area contributed by atoms with Crippen LogP contribution in [0.3, 0.4) is 0 Å². The highest BCUT2D eigenvalue weighted by Gasteiger charge is 2.20. The fraction of sp³-hybridized carbons (Fsp3) is 0.263. The Morgan fingerprint density at radius 3 is 2.48 bits per heavy atom. The van der Waals surface area contributed by atoms with E-state index in [-0.39, 0.29) is 11.9 Å². The number of nitrogens with one attached hydrogen (secondary N) is 1. The van der Waals surface area contributed by atoms with E-state index in [0.717, 1.165) is 21.6 Å². The molecule has 0 radical (unpaired) electrons. The number of benzene rings is 2. The van der Waals surface area contributed by atoms with E-state index in [0.29, 0.717) is 11.5 Å². The van der Waals surface area contributed by atoms with Crippen LogP contribution in [0.15, 0.2) is 54.6 Å². The van der Waals surface area contributed by atoms with Gasteiger partial charge in [-0.1, -0.05) is 44.2 Å². The molecule has 1 atom stereocenters. The van der Waals surface area contributed by atoms with Crippen LogP contribution in [0.4, 0.5) is 0 Å². The number of thiazole rings is 1. The van der Waals surface area contributed by atoms with Crippen molar-refractivity contribution < 1.29 is 4.79 Å². The van der Waals surface area contributed by atoms with Crippen LogP contribution in [-0.2, 0) is 0 Å². The van der Waals surface area contributed by atoms with Crippen molar-refractivity contribution in [1.29, 1.82) is 0 Å². The molecule has 0 aliphatic heterocycles. The van der Waals surface area contributed by atoms with Gasteiger partial charge in [0.05, 0.1) is 16.3 Å². The van der Waals surface area contributed by atoms with Gasteiger partial charge in [-0.15, -0.1) is 11.3 Å². The molecule has 3 nitrogen and oxygen atoms in total. The molecular weight excluding hydrogens is 304 g/mol. The Bertz CT molecular complexity index is 762. The van der Waals surface area contributed by atoms with E-state index in [2.05, 4.69) is 25.2 Å². The van der Waals surface area contributed by atoms with Gasteiger partial charge in [-0.2, -0.15) is 0 Å². The molecule has 0 bridgehead atoms. The molecule has 23 heavy (non-hydrogen) atoms. The Hall–Kier alpha value is -2.20. The molecule has 1 aromatic heterocycles. The van der Waals surface area contributed by atoms with Crippen molar-refractivity contribution in [3.63, 3.8) is 0 Å². The second kappa shape index (κ2) is 6.92. The summed E-state index contributed by atoms with van der Waals surface area (Å²) in [7, 11) is 0. The minimum atomic E-state index is -0.0555. The Morgan fingerprint density at radius 1 is 1.09 bits per heavy atom. The minimum absolute atomic E-state index is 0.0458. The number of carbonyl (C=O) groups excluding carboxylic acids is 1. The zero-order valence-electron chi connectivity index (χ0n) is 13.3. The summed E-state index contributed by atoms with van der Waals surface area (Å²) in [5.41, 5.74) is 1.68. The number of amides is 1. The Kier molecular flexibility index (Phi) is 4.72. The molecule has 1 amide bonds. The van der Waals surface area contributed by atoms with E-state index in [9.17, 15) is 4.79 Å². The van der Waals surface area contributed by atoms with Crippen molar-refractivity contribution in [3.8, 4) is 0 Å². The van der Waals surface area contributed by atoms with Crippen LogP contribution in [0.1, 0.15) is 41.7 Å². The van der Waals surface area contributed by atoms with Crippen LogP contribution in [0.2, 0.25) is 0 Å². The van der Waals surface area contributed by atoms with Gasteiger partial charge in [-0.3, -0.25) is 4.79 Å². The molecule has 1 N–H and O–H groups in total. The van der Waals surface area contributed by atoms with Crippen molar-refractivity contribution in [1.82, 2.24) is 10.3 Å². The first-order valence-electron chi connectivity index (χ1n) is 7.85. The number of carbonyl (C=O) groups is 1. The van der Waals surface area contributed by atoms with Gasteiger partial charge in [-0.05, 0) is 36.6 Å². The number of hydrogen-bond acceptors (Lipinski definition) is 3. The minimum Gasteiger partial charge on any atom is -0.343 e. The highest BCUT2D eigenvalue weighted by Crippen LogP contribution is 2.30. The van der Waals surface area contributed by atoms with Gasteiger partial charge in [0.1, 0.15) is 5.01 Å². The third kappa shape index (κ3) is 3.77. The maximum atomic E-state index is 12.5. The van der Waals surface area contributed by atoms with Crippen LogP contribution in [0.5, 0.6) is 0 Å².